The van der Waals surface area contributed by atoms with Gasteiger partial charge in [0, 0.05) is 37.1 Å². The van der Waals surface area contributed by atoms with Crippen LogP contribution in [0.5, 0.6) is 5.75 Å². The van der Waals surface area contributed by atoms with Crippen LogP contribution in [0.15, 0.2) is 59.7 Å². The minimum atomic E-state index is -1.32. The van der Waals surface area contributed by atoms with Crippen LogP contribution in [0.2, 0.25) is 0 Å². The number of carbonyl (C=O) groups excluding carboxylic acids is 1. The van der Waals surface area contributed by atoms with Crippen LogP contribution in [0.1, 0.15) is 47.3 Å². The van der Waals surface area contributed by atoms with Gasteiger partial charge in [-0.25, -0.2) is 9.79 Å². The van der Waals surface area contributed by atoms with Crippen LogP contribution in [0.3, 0.4) is 0 Å². The van der Waals surface area contributed by atoms with E-state index in [0.717, 1.165) is 30.2 Å². The van der Waals surface area contributed by atoms with Crippen molar-refractivity contribution in [2.24, 2.45) is 10.7 Å². The molecule has 0 saturated carbocycles. The number of aromatic nitrogens is 1. The largest absolute Gasteiger partial charge is 0.496 e. The van der Waals surface area contributed by atoms with Crippen molar-refractivity contribution in [3.8, 4) is 5.75 Å². The molecule has 1 unspecified atom stereocenters. The maximum Gasteiger partial charge on any atom is 0.339 e. The van der Waals surface area contributed by atoms with Crippen molar-refractivity contribution in [2.75, 3.05) is 55.9 Å². The third-order valence-corrected chi connectivity index (χ3v) is 8.27. The van der Waals surface area contributed by atoms with Gasteiger partial charge in [0.05, 0.1) is 36.7 Å². The predicted molar refractivity (Wildman–Crippen MR) is 157 cm³/mol. The van der Waals surface area contributed by atoms with Crippen molar-refractivity contribution >= 4 is 28.9 Å². The van der Waals surface area contributed by atoms with Gasteiger partial charge in [-0.1, -0.05) is 12.1 Å². The first-order valence-electron chi connectivity index (χ1n) is 14.0. The Morgan fingerprint density at radius 2 is 1.85 bits per heavy atom. The summed E-state index contributed by atoms with van der Waals surface area (Å²) in [6.07, 6.45) is 6.83. The molecule has 10 nitrogen and oxygen atoms in total. The summed E-state index contributed by atoms with van der Waals surface area (Å²) in [6, 6.07) is 15.9. The van der Waals surface area contributed by atoms with Gasteiger partial charge < -0.3 is 34.9 Å². The SMILES string of the molecule is COC(=O)c1ccccc1NC1=NC(N)(c2ccc(N3CCC(N4CCCC4)CC3)cc2OC)Nc2cc[nH]c21. The third kappa shape index (κ3) is 4.89. The molecule has 210 valence electrons. The molecule has 40 heavy (non-hydrogen) atoms. The number of hydrogen-bond donors (Lipinski definition) is 4. The van der Waals surface area contributed by atoms with E-state index in [0.29, 0.717) is 34.4 Å². The van der Waals surface area contributed by atoms with E-state index in [-0.39, 0.29) is 0 Å². The molecule has 2 fully saturated rings. The van der Waals surface area contributed by atoms with Gasteiger partial charge in [0.1, 0.15) is 11.4 Å². The molecule has 4 heterocycles. The zero-order chi connectivity index (χ0) is 27.7. The molecule has 3 aliphatic heterocycles. The molecule has 10 heteroatoms. The zero-order valence-electron chi connectivity index (χ0n) is 23.1. The Morgan fingerprint density at radius 1 is 1.07 bits per heavy atom. The summed E-state index contributed by atoms with van der Waals surface area (Å²) in [5.41, 5.74) is 11.3. The van der Waals surface area contributed by atoms with Gasteiger partial charge in [-0.15, -0.1) is 0 Å². The number of nitrogens with one attached hydrogen (secondary N) is 3. The van der Waals surface area contributed by atoms with Crippen LogP contribution in [0.25, 0.3) is 0 Å². The van der Waals surface area contributed by atoms with Crippen molar-refractivity contribution in [2.45, 2.75) is 37.5 Å². The molecule has 0 bridgehead atoms. The Hall–Kier alpha value is -4.02. The van der Waals surface area contributed by atoms with Crippen LogP contribution in [0.4, 0.5) is 17.1 Å². The number of amidine groups is 1. The molecule has 0 radical (unpaired) electrons. The molecular formula is C30H37N7O3. The maximum absolute atomic E-state index is 12.4. The summed E-state index contributed by atoms with van der Waals surface area (Å²) >= 11 is 0. The molecule has 3 aliphatic rings. The highest BCUT2D eigenvalue weighted by molar-refractivity contribution is 6.13. The number of carbonyl (C=O) groups is 1. The van der Waals surface area contributed by atoms with E-state index in [1.165, 1.54) is 45.9 Å². The summed E-state index contributed by atoms with van der Waals surface area (Å²) in [7, 11) is 3.02. The van der Waals surface area contributed by atoms with Crippen molar-refractivity contribution in [3.05, 3.63) is 71.5 Å². The van der Waals surface area contributed by atoms with E-state index in [1.54, 1.807) is 25.3 Å². The van der Waals surface area contributed by atoms with Crippen LogP contribution >= 0.6 is 0 Å². The standard InChI is InChI=1S/C30H37N7O3/c1-39-26-19-21(37-17-12-20(13-18-37)36-15-5-6-16-36)9-10-23(26)30(31)34-25-11-14-32-27(25)28(35-30)33-24-8-4-3-7-22(24)29(38)40-2/h3-4,7-11,14,19-20,32,34H,5-6,12-13,15-18,31H2,1-2H3,(H,33,35). The Labute approximate surface area is 234 Å². The first-order valence-corrected chi connectivity index (χ1v) is 14.0. The minimum absolute atomic E-state index is 0.400. The quantitative estimate of drug-likeness (QED) is 0.345. The van der Waals surface area contributed by atoms with Crippen LogP contribution in [-0.4, -0.2) is 68.1 Å². The van der Waals surface area contributed by atoms with Gasteiger partial charge in [0.25, 0.3) is 0 Å². The number of aliphatic imine (C=N–C) groups is 1. The van der Waals surface area contributed by atoms with E-state index in [1.807, 2.05) is 24.4 Å². The highest BCUT2D eigenvalue weighted by atomic mass is 16.5. The summed E-state index contributed by atoms with van der Waals surface area (Å²) in [5.74, 6) is -0.603. The second-order valence-electron chi connectivity index (χ2n) is 10.6. The zero-order valence-corrected chi connectivity index (χ0v) is 23.1. The molecule has 5 N–H and O–H groups in total. The monoisotopic (exact) mass is 543 g/mol. The number of nitrogens with two attached hydrogens (primary N) is 1. The van der Waals surface area contributed by atoms with E-state index in [4.69, 9.17) is 20.2 Å². The summed E-state index contributed by atoms with van der Waals surface area (Å²) in [5, 5.41) is 6.68. The Bertz CT molecular complexity index is 1410. The summed E-state index contributed by atoms with van der Waals surface area (Å²) in [4.78, 5) is 25.6. The number of H-pyrrole nitrogens is 1. The number of para-hydroxylation sites is 1. The number of piperidine rings is 1. The van der Waals surface area contributed by atoms with Gasteiger partial charge in [-0.2, -0.15) is 0 Å². The lowest BCUT2D eigenvalue weighted by Gasteiger charge is -2.38. The lowest BCUT2D eigenvalue weighted by atomic mass is 10.0. The van der Waals surface area contributed by atoms with Crippen LogP contribution in [-0.2, 0) is 10.5 Å². The molecule has 2 aromatic carbocycles. The van der Waals surface area contributed by atoms with Gasteiger partial charge in [0.2, 0.25) is 5.79 Å². The number of benzene rings is 2. The molecule has 1 aromatic heterocycles. The predicted octanol–water partition coefficient (Wildman–Crippen LogP) is 3.93. The topological polar surface area (TPSA) is 120 Å². The van der Waals surface area contributed by atoms with Gasteiger partial charge in [-0.05, 0) is 69.1 Å². The lowest BCUT2D eigenvalue weighted by Crippen LogP contribution is -2.47. The fourth-order valence-corrected chi connectivity index (χ4v) is 6.15. The van der Waals surface area contributed by atoms with Crippen molar-refractivity contribution in [1.82, 2.24) is 9.88 Å². The minimum Gasteiger partial charge on any atom is -0.496 e. The first kappa shape index (κ1) is 26.2. The summed E-state index contributed by atoms with van der Waals surface area (Å²) < 4.78 is 10.8. The maximum atomic E-state index is 12.4. The van der Waals surface area contributed by atoms with E-state index in [9.17, 15) is 4.79 Å². The average molecular weight is 544 g/mol. The molecule has 1 atom stereocenters. The Balaban J connectivity index is 1.28. The highest BCUT2D eigenvalue weighted by Gasteiger charge is 2.37. The van der Waals surface area contributed by atoms with Crippen LogP contribution < -0.4 is 26.0 Å². The first-order chi connectivity index (χ1) is 19.5. The highest BCUT2D eigenvalue weighted by Crippen LogP contribution is 2.38. The normalized spacial score (nSPS) is 21.4. The number of esters is 1. The molecule has 2 saturated heterocycles. The average Bonchev–Trinajstić information content (AvgIpc) is 3.70. The second kappa shape index (κ2) is 10.9. The molecular weight excluding hydrogens is 506 g/mol. The number of fused-ring (bicyclic) bond motifs is 1. The molecule has 0 spiro atoms. The molecule has 0 aliphatic carbocycles. The third-order valence-electron chi connectivity index (χ3n) is 8.27. The number of likely N-dealkylation sites (tertiary alicyclic amines) is 1. The van der Waals surface area contributed by atoms with Gasteiger partial charge in [0.15, 0.2) is 5.84 Å². The van der Waals surface area contributed by atoms with Crippen molar-refractivity contribution < 1.29 is 14.3 Å². The van der Waals surface area contributed by atoms with Crippen molar-refractivity contribution in [3.63, 3.8) is 0 Å². The van der Waals surface area contributed by atoms with E-state index in [2.05, 4.69) is 37.6 Å². The molecule has 3 aromatic rings. The number of nitrogens with zero attached hydrogens (tertiary/aromatic N) is 3. The number of methoxy groups -OCH3 is 2. The van der Waals surface area contributed by atoms with Gasteiger partial charge >= 0.3 is 5.97 Å². The van der Waals surface area contributed by atoms with Crippen molar-refractivity contribution in [1.29, 1.82) is 0 Å². The number of rotatable bonds is 6. The number of ether oxygens (including phenoxy) is 2. The molecule has 6 rings (SSSR count). The lowest BCUT2D eigenvalue weighted by molar-refractivity contribution is 0.0602. The Morgan fingerprint density at radius 3 is 2.60 bits per heavy atom. The smallest absolute Gasteiger partial charge is 0.339 e. The Kier molecular flexibility index (Phi) is 7.12. The second-order valence-corrected chi connectivity index (χ2v) is 10.6. The number of hydrogen-bond acceptors (Lipinski definition) is 9. The molecule has 0 amide bonds. The van der Waals surface area contributed by atoms with Crippen LogP contribution in [0, 0.1) is 0 Å². The summed E-state index contributed by atoms with van der Waals surface area (Å²) in [6.45, 7) is 4.53. The van der Waals surface area contributed by atoms with E-state index >= 15 is 0 Å². The fraction of sp³-hybridized carbons (Fsp3) is 0.400. The number of anilines is 3. The number of aromatic amines is 1. The van der Waals surface area contributed by atoms with E-state index < -0.39 is 11.8 Å². The van der Waals surface area contributed by atoms with Gasteiger partial charge in [-0.3, -0.25) is 5.73 Å². The fourth-order valence-electron chi connectivity index (χ4n) is 6.15.